The van der Waals surface area contributed by atoms with E-state index >= 15 is 0 Å². The molecule has 0 aliphatic rings. The predicted molar refractivity (Wildman–Crippen MR) is 136 cm³/mol. The van der Waals surface area contributed by atoms with E-state index in [0.717, 1.165) is 33.3 Å². The number of ether oxygens (including phenoxy) is 2. The summed E-state index contributed by atoms with van der Waals surface area (Å²) in [5.41, 5.74) is 4.20. The van der Waals surface area contributed by atoms with E-state index in [-0.39, 0.29) is 17.6 Å². The molecule has 6 heteroatoms. The fourth-order valence-corrected chi connectivity index (χ4v) is 4.39. The minimum atomic E-state index is -0.248. The van der Waals surface area contributed by atoms with E-state index in [1.807, 2.05) is 43.3 Å². The van der Waals surface area contributed by atoms with Crippen LogP contribution in [0.4, 0.5) is 4.39 Å². The van der Waals surface area contributed by atoms with Crippen LogP contribution >= 0.6 is 0 Å². The van der Waals surface area contributed by atoms with Gasteiger partial charge in [-0.3, -0.25) is 4.79 Å². The summed E-state index contributed by atoms with van der Waals surface area (Å²) in [7, 11) is 1.62. The van der Waals surface area contributed by atoms with Crippen LogP contribution in [-0.2, 0) is 16.1 Å². The van der Waals surface area contributed by atoms with E-state index < -0.39 is 0 Å². The van der Waals surface area contributed by atoms with Crippen LogP contribution in [0.25, 0.3) is 10.9 Å². The highest BCUT2D eigenvalue weighted by Gasteiger charge is 2.23. The maximum Gasteiger partial charge on any atom is 0.221 e. The highest BCUT2D eigenvalue weighted by Crippen LogP contribution is 2.35. The molecule has 1 heterocycles. The normalized spacial score (nSPS) is 12.0. The molecule has 0 aliphatic heterocycles. The number of nitrogens with zero attached hydrogens (tertiary/aromatic N) is 1. The van der Waals surface area contributed by atoms with Crippen LogP contribution in [0.2, 0.25) is 0 Å². The van der Waals surface area contributed by atoms with Crippen molar-refractivity contribution in [2.45, 2.75) is 25.8 Å². The van der Waals surface area contributed by atoms with Gasteiger partial charge in [-0.25, -0.2) is 4.39 Å². The molecule has 0 saturated heterocycles. The third-order valence-corrected chi connectivity index (χ3v) is 6.07. The molecule has 4 aromatic rings. The van der Waals surface area contributed by atoms with Crippen molar-refractivity contribution in [3.63, 3.8) is 0 Å². The zero-order valence-electron chi connectivity index (χ0n) is 20.2. The molecule has 1 amide bonds. The first-order chi connectivity index (χ1) is 17.1. The van der Waals surface area contributed by atoms with Crippen molar-refractivity contribution in [1.29, 1.82) is 0 Å². The first kappa shape index (κ1) is 24.5. The van der Waals surface area contributed by atoms with Crippen molar-refractivity contribution in [1.82, 2.24) is 9.88 Å². The van der Waals surface area contributed by atoms with Gasteiger partial charge in [0.2, 0.25) is 5.91 Å². The smallest absolute Gasteiger partial charge is 0.221 e. The van der Waals surface area contributed by atoms with Crippen LogP contribution in [-0.4, -0.2) is 37.3 Å². The van der Waals surface area contributed by atoms with E-state index in [1.54, 1.807) is 19.2 Å². The SMILES string of the molecule is CCOc1ccc([C@H](CC(=O)NCCOC)c2cn(Cc3ccc(F)cc3)c3ccccc23)cc1. The van der Waals surface area contributed by atoms with Gasteiger partial charge in [-0.1, -0.05) is 42.5 Å². The lowest BCUT2D eigenvalue weighted by atomic mass is 9.88. The number of nitrogens with one attached hydrogen (secondary N) is 1. The Balaban J connectivity index is 1.72. The van der Waals surface area contributed by atoms with Crippen molar-refractivity contribution in [3.05, 3.63) is 102 Å². The summed E-state index contributed by atoms with van der Waals surface area (Å²) < 4.78 is 26.3. The molecule has 0 saturated carbocycles. The minimum absolute atomic E-state index is 0.0312. The Hall–Kier alpha value is -3.64. The van der Waals surface area contributed by atoms with Crippen molar-refractivity contribution < 1.29 is 18.7 Å². The lowest BCUT2D eigenvalue weighted by Gasteiger charge is -2.18. The fraction of sp³-hybridized carbons (Fsp3) is 0.276. The Morgan fingerprint density at radius 3 is 2.49 bits per heavy atom. The summed E-state index contributed by atoms with van der Waals surface area (Å²) in [4.78, 5) is 12.9. The molecule has 1 atom stereocenters. The fourth-order valence-electron chi connectivity index (χ4n) is 4.39. The summed E-state index contributed by atoms with van der Waals surface area (Å²) >= 11 is 0. The quantitative estimate of drug-likeness (QED) is 0.292. The van der Waals surface area contributed by atoms with Gasteiger partial charge in [-0.2, -0.15) is 0 Å². The van der Waals surface area contributed by atoms with Crippen molar-refractivity contribution in [2.75, 3.05) is 26.9 Å². The topological polar surface area (TPSA) is 52.5 Å². The molecule has 1 N–H and O–H groups in total. The predicted octanol–water partition coefficient (Wildman–Crippen LogP) is 5.51. The Bertz CT molecular complexity index is 1250. The molecule has 35 heavy (non-hydrogen) atoms. The second-order valence-corrected chi connectivity index (χ2v) is 8.46. The average molecular weight is 475 g/mol. The molecule has 0 spiro atoms. The first-order valence-corrected chi connectivity index (χ1v) is 11.9. The lowest BCUT2D eigenvalue weighted by molar-refractivity contribution is -0.121. The number of carbonyl (C=O) groups excluding carboxylic acids is 1. The summed E-state index contributed by atoms with van der Waals surface area (Å²) in [6.07, 6.45) is 2.43. The van der Waals surface area contributed by atoms with Gasteiger partial charge >= 0.3 is 0 Å². The lowest BCUT2D eigenvalue weighted by Crippen LogP contribution is -2.28. The van der Waals surface area contributed by atoms with Gasteiger partial charge in [0.05, 0.1) is 13.2 Å². The number of hydrogen-bond donors (Lipinski definition) is 1. The largest absolute Gasteiger partial charge is 0.494 e. The summed E-state index contributed by atoms with van der Waals surface area (Å²) in [6.45, 7) is 4.10. The van der Waals surface area contributed by atoms with E-state index in [9.17, 15) is 9.18 Å². The van der Waals surface area contributed by atoms with E-state index in [0.29, 0.717) is 32.7 Å². The van der Waals surface area contributed by atoms with Crippen LogP contribution < -0.4 is 10.1 Å². The third kappa shape index (κ3) is 6.08. The summed E-state index contributed by atoms with van der Waals surface area (Å²) in [6, 6.07) is 22.7. The molecule has 5 nitrogen and oxygen atoms in total. The van der Waals surface area contributed by atoms with Gasteiger partial charge in [-0.05, 0) is 53.9 Å². The molecule has 0 fully saturated rings. The zero-order chi connectivity index (χ0) is 24.6. The number of amides is 1. The Labute approximate surface area is 205 Å². The third-order valence-electron chi connectivity index (χ3n) is 6.07. The first-order valence-electron chi connectivity index (χ1n) is 11.9. The number of halogens is 1. The van der Waals surface area contributed by atoms with E-state index in [1.165, 1.54) is 12.1 Å². The zero-order valence-corrected chi connectivity index (χ0v) is 20.2. The molecular weight excluding hydrogens is 443 g/mol. The van der Waals surface area contributed by atoms with Crippen LogP contribution in [0.1, 0.15) is 36.0 Å². The van der Waals surface area contributed by atoms with Gasteiger partial charge < -0.3 is 19.4 Å². The number of benzene rings is 3. The molecule has 0 radical (unpaired) electrons. The van der Waals surface area contributed by atoms with Crippen molar-refractivity contribution in [3.8, 4) is 5.75 Å². The number of carbonyl (C=O) groups is 1. The number of methoxy groups -OCH3 is 1. The molecule has 0 bridgehead atoms. The number of hydrogen-bond acceptors (Lipinski definition) is 3. The molecule has 3 aromatic carbocycles. The maximum atomic E-state index is 13.4. The van der Waals surface area contributed by atoms with Crippen LogP contribution in [0.3, 0.4) is 0 Å². The number of fused-ring (bicyclic) bond motifs is 1. The second kappa shape index (κ2) is 11.7. The second-order valence-electron chi connectivity index (χ2n) is 8.46. The van der Waals surface area contributed by atoms with Crippen molar-refractivity contribution in [2.24, 2.45) is 0 Å². The number of aromatic nitrogens is 1. The van der Waals surface area contributed by atoms with Crippen LogP contribution in [0.5, 0.6) is 5.75 Å². The van der Waals surface area contributed by atoms with Crippen LogP contribution in [0, 0.1) is 5.82 Å². The van der Waals surface area contributed by atoms with Gasteiger partial charge in [0.15, 0.2) is 0 Å². The molecule has 0 unspecified atom stereocenters. The Kier molecular flexibility index (Phi) is 8.16. The van der Waals surface area contributed by atoms with E-state index in [2.05, 4.69) is 28.2 Å². The highest BCUT2D eigenvalue weighted by molar-refractivity contribution is 5.86. The number of para-hydroxylation sites is 1. The van der Waals surface area contributed by atoms with Gasteiger partial charge in [0.25, 0.3) is 0 Å². The summed E-state index contributed by atoms with van der Waals surface area (Å²) in [5, 5.41) is 4.05. The Morgan fingerprint density at radius 1 is 1.03 bits per heavy atom. The average Bonchev–Trinajstić information content (AvgIpc) is 3.23. The van der Waals surface area contributed by atoms with Gasteiger partial charge in [0, 0.05) is 49.6 Å². The monoisotopic (exact) mass is 474 g/mol. The molecule has 4 rings (SSSR count). The molecule has 0 aliphatic carbocycles. The molecule has 182 valence electrons. The standard InChI is InChI=1S/C29H31FN2O3/c1-3-35-24-14-10-22(11-15-24)26(18-29(33)31-16-17-34-2)27-20-32(28-7-5-4-6-25(27)28)19-21-8-12-23(30)13-9-21/h4-15,20,26H,3,16-19H2,1-2H3,(H,31,33)/t26-/m0/s1. The maximum absolute atomic E-state index is 13.4. The van der Waals surface area contributed by atoms with E-state index in [4.69, 9.17) is 9.47 Å². The number of rotatable bonds is 11. The Morgan fingerprint density at radius 2 is 1.77 bits per heavy atom. The van der Waals surface area contributed by atoms with Gasteiger partial charge in [-0.15, -0.1) is 0 Å². The minimum Gasteiger partial charge on any atom is -0.494 e. The molecule has 1 aromatic heterocycles. The van der Waals surface area contributed by atoms with Gasteiger partial charge in [0.1, 0.15) is 11.6 Å². The highest BCUT2D eigenvalue weighted by atomic mass is 19.1. The summed E-state index contributed by atoms with van der Waals surface area (Å²) in [5.74, 6) is 0.379. The molecular formula is C29H31FN2O3. The van der Waals surface area contributed by atoms with Crippen LogP contribution in [0.15, 0.2) is 79.0 Å². The van der Waals surface area contributed by atoms with Crippen molar-refractivity contribution >= 4 is 16.8 Å².